The van der Waals surface area contributed by atoms with Crippen LogP contribution >= 0.6 is 0 Å². The Balaban J connectivity index is 2.09. The van der Waals surface area contributed by atoms with E-state index in [1.54, 1.807) is 12.4 Å². The Morgan fingerprint density at radius 1 is 1.40 bits per heavy atom. The van der Waals surface area contributed by atoms with Gasteiger partial charge in [-0.25, -0.2) is 0 Å². The van der Waals surface area contributed by atoms with Crippen molar-refractivity contribution in [1.82, 2.24) is 10.0 Å². The van der Waals surface area contributed by atoms with Crippen molar-refractivity contribution in [3.63, 3.8) is 0 Å². The molecule has 1 aliphatic rings. The summed E-state index contributed by atoms with van der Waals surface area (Å²) in [5.74, 6) is 0. The molecule has 4 nitrogen and oxygen atoms in total. The van der Waals surface area contributed by atoms with Crippen LogP contribution < -0.4 is 5.73 Å². The standard InChI is InChI=1S/C11H17N3O/c12-9-11(10-3-5-13-6-4-10)14-7-1-2-8-15-14/h3-6,11H,1-2,7-9,12H2. The Hall–Kier alpha value is -0.970. The number of aromatic nitrogens is 1. The lowest BCUT2D eigenvalue weighted by molar-refractivity contribution is -0.206. The van der Waals surface area contributed by atoms with Gasteiger partial charge in [0.1, 0.15) is 0 Å². The first kappa shape index (κ1) is 10.5. The lowest BCUT2D eigenvalue weighted by atomic mass is 10.1. The van der Waals surface area contributed by atoms with E-state index in [0.29, 0.717) is 6.54 Å². The molecule has 1 aromatic heterocycles. The molecule has 0 aliphatic carbocycles. The maximum Gasteiger partial charge on any atom is 0.0725 e. The molecule has 1 unspecified atom stereocenters. The molecule has 82 valence electrons. The van der Waals surface area contributed by atoms with Gasteiger partial charge in [-0.1, -0.05) is 0 Å². The number of hydrogen-bond acceptors (Lipinski definition) is 4. The zero-order chi connectivity index (χ0) is 10.5. The molecule has 1 atom stereocenters. The van der Waals surface area contributed by atoms with E-state index < -0.39 is 0 Å². The molecule has 2 rings (SSSR count). The zero-order valence-corrected chi connectivity index (χ0v) is 8.80. The third kappa shape index (κ3) is 2.53. The van der Waals surface area contributed by atoms with Crippen LogP contribution in [-0.4, -0.2) is 29.7 Å². The van der Waals surface area contributed by atoms with Gasteiger partial charge in [-0.15, -0.1) is 0 Å². The first-order valence-corrected chi connectivity index (χ1v) is 5.41. The van der Waals surface area contributed by atoms with Crippen molar-refractivity contribution in [2.75, 3.05) is 19.7 Å². The van der Waals surface area contributed by atoms with Gasteiger partial charge in [-0.3, -0.25) is 9.82 Å². The molecule has 0 aromatic carbocycles. The third-order valence-corrected chi connectivity index (χ3v) is 2.69. The van der Waals surface area contributed by atoms with E-state index in [-0.39, 0.29) is 6.04 Å². The van der Waals surface area contributed by atoms with E-state index >= 15 is 0 Å². The van der Waals surface area contributed by atoms with Crippen molar-refractivity contribution in [2.45, 2.75) is 18.9 Å². The van der Waals surface area contributed by atoms with Crippen LogP contribution in [0.4, 0.5) is 0 Å². The summed E-state index contributed by atoms with van der Waals surface area (Å²) in [6.45, 7) is 2.34. The van der Waals surface area contributed by atoms with Crippen LogP contribution in [-0.2, 0) is 4.84 Å². The van der Waals surface area contributed by atoms with Crippen LogP contribution in [0, 0.1) is 0 Å². The quantitative estimate of drug-likeness (QED) is 0.806. The molecule has 2 N–H and O–H groups in total. The fourth-order valence-electron chi connectivity index (χ4n) is 1.87. The van der Waals surface area contributed by atoms with Crippen molar-refractivity contribution in [1.29, 1.82) is 0 Å². The normalized spacial score (nSPS) is 20.1. The summed E-state index contributed by atoms with van der Waals surface area (Å²) in [7, 11) is 0. The van der Waals surface area contributed by atoms with E-state index in [2.05, 4.69) is 4.98 Å². The largest absolute Gasteiger partial charge is 0.329 e. The summed E-state index contributed by atoms with van der Waals surface area (Å²) in [5, 5.41) is 2.00. The third-order valence-electron chi connectivity index (χ3n) is 2.69. The second-order valence-corrected chi connectivity index (χ2v) is 3.71. The Labute approximate surface area is 90.0 Å². The minimum absolute atomic E-state index is 0.160. The van der Waals surface area contributed by atoms with Crippen LogP contribution in [0.15, 0.2) is 24.5 Å². The molecule has 0 spiro atoms. The van der Waals surface area contributed by atoms with Crippen molar-refractivity contribution >= 4 is 0 Å². The van der Waals surface area contributed by atoms with Gasteiger partial charge in [0.15, 0.2) is 0 Å². The SMILES string of the molecule is NCC(c1ccncc1)N1CCCCO1. The highest BCUT2D eigenvalue weighted by atomic mass is 16.7. The lowest BCUT2D eigenvalue weighted by Crippen LogP contribution is -2.37. The Morgan fingerprint density at radius 2 is 2.20 bits per heavy atom. The van der Waals surface area contributed by atoms with Gasteiger partial charge < -0.3 is 5.73 Å². The zero-order valence-electron chi connectivity index (χ0n) is 8.80. The smallest absolute Gasteiger partial charge is 0.0725 e. The topological polar surface area (TPSA) is 51.4 Å². The molecule has 1 aromatic rings. The maximum absolute atomic E-state index is 5.79. The van der Waals surface area contributed by atoms with Crippen LogP contribution in [0.1, 0.15) is 24.4 Å². The summed E-state index contributed by atoms with van der Waals surface area (Å²) < 4.78 is 0. The van der Waals surface area contributed by atoms with Crippen molar-refractivity contribution in [3.05, 3.63) is 30.1 Å². The molecule has 0 radical (unpaired) electrons. The fraction of sp³-hybridized carbons (Fsp3) is 0.545. The number of hydroxylamine groups is 2. The summed E-state index contributed by atoms with van der Waals surface area (Å²) in [6.07, 6.45) is 5.91. The van der Waals surface area contributed by atoms with E-state index in [4.69, 9.17) is 10.6 Å². The van der Waals surface area contributed by atoms with Crippen LogP contribution in [0.3, 0.4) is 0 Å². The van der Waals surface area contributed by atoms with Crippen molar-refractivity contribution in [2.24, 2.45) is 5.73 Å². The average molecular weight is 207 g/mol. The summed E-state index contributed by atoms with van der Waals surface area (Å²) in [5.41, 5.74) is 6.97. The minimum atomic E-state index is 0.160. The monoisotopic (exact) mass is 207 g/mol. The highest BCUT2D eigenvalue weighted by Crippen LogP contribution is 2.22. The fourth-order valence-corrected chi connectivity index (χ4v) is 1.87. The highest BCUT2D eigenvalue weighted by molar-refractivity contribution is 5.15. The van der Waals surface area contributed by atoms with E-state index in [9.17, 15) is 0 Å². The second-order valence-electron chi connectivity index (χ2n) is 3.71. The summed E-state index contributed by atoms with van der Waals surface area (Å²) in [6, 6.07) is 4.15. The number of hydrogen-bond donors (Lipinski definition) is 1. The molecule has 1 fully saturated rings. The van der Waals surface area contributed by atoms with Gasteiger partial charge in [0.25, 0.3) is 0 Å². The second kappa shape index (κ2) is 5.21. The highest BCUT2D eigenvalue weighted by Gasteiger charge is 2.21. The lowest BCUT2D eigenvalue weighted by Gasteiger charge is -2.33. The van der Waals surface area contributed by atoms with Crippen LogP contribution in [0.5, 0.6) is 0 Å². The van der Waals surface area contributed by atoms with Crippen LogP contribution in [0.2, 0.25) is 0 Å². The van der Waals surface area contributed by atoms with Gasteiger partial charge in [0.2, 0.25) is 0 Å². The molecule has 1 aliphatic heterocycles. The number of nitrogens with zero attached hydrogens (tertiary/aromatic N) is 2. The molecular formula is C11H17N3O. The summed E-state index contributed by atoms with van der Waals surface area (Å²) in [4.78, 5) is 9.63. The number of rotatable bonds is 3. The van der Waals surface area contributed by atoms with Gasteiger partial charge in [0, 0.05) is 25.5 Å². The minimum Gasteiger partial charge on any atom is -0.329 e. The molecule has 2 heterocycles. The van der Waals surface area contributed by atoms with Gasteiger partial charge in [-0.2, -0.15) is 5.06 Å². The van der Waals surface area contributed by atoms with E-state index in [1.165, 1.54) is 12.0 Å². The molecular weight excluding hydrogens is 190 g/mol. The van der Waals surface area contributed by atoms with E-state index in [0.717, 1.165) is 19.6 Å². The van der Waals surface area contributed by atoms with Crippen LogP contribution in [0.25, 0.3) is 0 Å². The van der Waals surface area contributed by atoms with E-state index in [1.807, 2.05) is 17.2 Å². The maximum atomic E-state index is 5.79. The van der Waals surface area contributed by atoms with Gasteiger partial charge in [0.05, 0.1) is 12.6 Å². The molecule has 4 heteroatoms. The Bertz CT molecular complexity index is 285. The van der Waals surface area contributed by atoms with Gasteiger partial charge >= 0.3 is 0 Å². The predicted molar refractivity (Wildman–Crippen MR) is 57.9 cm³/mol. The number of nitrogens with two attached hydrogens (primary N) is 1. The average Bonchev–Trinajstić information content (AvgIpc) is 2.33. The Kier molecular flexibility index (Phi) is 3.66. The van der Waals surface area contributed by atoms with Crippen molar-refractivity contribution in [3.8, 4) is 0 Å². The molecule has 0 saturated carbocycles. The molecule has 15 heavy (non-hydrogen) atoms. The summed E-state index contributed by atoms with van der Waals surface area (Å²) >= 11 is 0. The number of pyridine rings is 1. The first-order chi connectivity index (χ1) is 7.42. The van der Waals surface area contributed by atoms with Gasteiger partial charge in [-0.05, 0) is 30.5 Å². The molecule has 0 amide bonds. The van der Waals surface area contributed by atoms with Crippen molar-refractivity contribution < 1.29 is 4.84 Å². The first-order valence-electron chi connectivity index (χ1n) is 5.41. The Morgan fingerprint density at radius 3 is 2.80 bits per heavy atom. The predicted octanol–water partition coefficient (Wildman–Crippen LogP) is 1.11. The molecule has 0 bridgehead atoms. The molecule has 1 saturated heterocycles.